The van der Waals surface area contributed by atoms with Gasteiger partial charge in [-0.1, -0.05) is 11.6 Å². The van der Waals surface area contributed by atoms with Crippen LogP contribution in [0.25, 0.3) is 0 Å². The van der Waals surface area contributed by atoms with Gasteiger partial charge in [0, 0.05) is 7.05 Å². The van der Waals surface area contributed by atoms with Gasteiger partial charge in [-0.15, -0.1) is 0 Å². The molecule has 11 heteroatoms. The largest absolute Gasteiger partial charge is 0.468 e. The number of carbonyl (C=O) groups excluding carboxylic acids is 2. The highest BCUT2D eigenvalue weighted by Crippen LogP contribution is 2.23. The summed E-state index contributed by atoms with van der Waals surface area (Å²) in [5, 5.41) is 3.25. The van der Waals surface area contributed by atoms with Crippen LogP contribution in [0.15, 0.2) is 11.2 Å². The molecule has 0 radical (unpaired) electrons. The van der Waals surface area contributed by atoms with E-state index in [1.165, 1.54) is 7.05 Å². The number of esters is 2. The SMILES string of the molecule is COC(=O)CN(CC(=O)OC)S(=O)(=O)c1c(Cl)cnn1C. The third-order valence-corrected chi connectivity index (χ3v) is 4.79. The van der Waals surface area contributed by atoms with Crippen LogP contribution in [0.5, 0.6) is 0 Å². The van der Waals surface area contributed by atoms with E-state index in [2.05, 4.69) is 14.6 Å². The second kappa shape index (κ2) is 6.87. The van der Waals surface area contributed by atoms with Crippen molar-refractivity contribution in [1.82, 2.24) is 14.1 Å². The Hall–Kier alpha value is -1.65. The Bertz CT molecular complexity index is 604. The molecule has 0 bridgehead atoms. The molecule has 0 N–H and O–H groups in total. The minimum absolute atomic E-state index is 0.128. The van der Waals surface area contributed by atoms with Gasteiger partial charge in [0.15, 0.2) is 5.03 Å². The number of carbonyl (C=O) groups is 2. The molecule has 0 aromatic carbocycles. The van der Waals surface area contributed by atoms with Crippen molar-refractivity contribution in [2.75, 3.05) is 27.3 Å². The van der Waals surface area contributed by atoms with Crippen molar-refractivity contribution >= 4 is 33.6 Å². The van der Waals surface area contributed by atoms with Gasteiger partial charge < -0.3 is 9.47 Å². The summed E-state index contributed by atoms with van der Waals surface area (Å²) in [5.41, 5.74) is 0. The van der Waals surface area contributed by atoms with Gasteiger partial charge in [-0.3, -0.25) is 14.3 Å². The zero-order chi connectivity index (χ0) is 16.2. The summed E-state index contributed by atoms with van der Waals surface area (Å²) in [6.45, 7) is -1.31. The van der Waals surface area contributed by atoms with Crippen LogP contribution in [0.2, 0.25) is 5.02 Å². The van der Waals surface area contributed by atoms with Crippen LogP contribution in [0.3, 0.4) is 0 Å². The van der Waals surface area contributed by atoms with Crippen molar-refractivity contribution in [3.63, 3.8) is 0 Å². The zero-order valence-electron chi connectivity index (χ0n) is 11.6. The highest BCUT2D eigenvalue weighted by atomic mass is 35.5. The molecule has 0 saturated heterocycles. The number of halogens is 1. The molecule has 0 spiro atoms. The molecule has 21 heavy (non-hydrogen) atoms. The van der Waals surface area contributed by atoms with Gasteiger partial charge in [0.05, 0.1) is 25.4 Å². The predicted octanol–water partition coefficient (Wildman–Crippen LogP) is -0.590. The second-order valence-corrected chi connectivity index (χ2v) is 6.11. The Kier molecular flexibility index (Phi) is 5.70. The topological polar surface area (TPSA) is 108 Å². The van der Waals surface area contributed by atoms with Gasteiger partial charge in [-0.05, 0) is 0 Å². The summed E-state index contributed by atoms with van der Waals surface area (Å²) < 4.78 is 35.5. The van der Waals surface area contributed by atoms with E-state index in [1.807, 2.05) is 0 Å². The minimum Gasteiger partial charge on any atom is -0.468 e. The highest BCUT2D eigenvalue weighted by molar-refractivity contribution is 7.89. The number of hydrogen-bond acceptors (Lipinski definition) is 7. The lowest BCUT2D eigenvalue weighted by atomic mass is 10.6. The highest BCUT2D eigenvalue weighted by Gasteiger charge is 2.33. The second-order valence-electron chi connectivity index (χ2n) is 3.85. The van der Waals surface area contributed by atoms with E-state index in [0.29, 0.717) is 4.31 Å². The van der Waals surface area contributed by atoms with Crippen molar-refractivity contribution in [3.05, 3.63) is 11.2 Å². The van der Waals surface area contributed by atoms with Crippen LogP contribution in [0.1, 0.15) is 0 Å². The number of aromatic nitrogens is 2. The average Bonchev–Trinajstić information content (AvgIpc) is 2.77. The van der Waals surface area contributed by atoms with Gasteiger partial charge in [-0.25, -0.2) is 8.42 Å². The molecule has 9 nitrogen and oxygen atoms in total. The summed E-state index contributed by atoms with van der Waals surface area (Å²) in [7, 11) is -0.662. The maximum absolute atomic E-state index is 12.5. The molecule has 1 heterocycles. The molecule has 1 aromatic heterocycles. The molecule has 1 rings (SSSR count). The van der Waals surface area contributed by atoms with E-state index in [1.54, 1.807) is 0 Å². The van der Waals surface area contributed by atoms with Crippen LogP contribution in [-0.4, -0.2) is 61.8 Å². The van der Waals surface area contributed by atoms with E-state index in [9.17, 15) is 18.0 Å². The van der Waals surface area contributed by atoms with E-state index in [4.69, 9.17) is 11.6 Å². The lowest BCUT2D eigenvalue weighted by molar-refractivity contribution is -0.143. The number of rotatable bonds is 6. The molecular formula is C10H14ClN3O6S. The van der Waals surface area contributed by atoms with Gasteiger partial charge in [0.2, 0.25) is 0 Å². The maximum Gasteiger partial charge on any atom is 0.321 e. The van der Waals surface area contributed by atoms with Crippen molar-refractivity contribution in [2.45, 2.75) is 5.03 Å². The number of nitrogens with zero attached hydrogens (tertiary/aromatic N) is 3. The summed E-state index contributed by atoms with van der Waals surface area (Å²) in [4.78, 5) is 22.7. The monoisotopic (exact) mass is 339 g/mol. The molecule has 0 fully saturated rings. The van der Waals surface area contributed by atoms with Gasteiger partial charge in [0.1, 0.15) is 13.1 Å². The summed E-state index contributed by atoms with van der Waals surface area (Å²) in [6, 6.07) is 0. The van der Waals surface area contributed by atoms with E-state index >= 15 is 0 Å². The molecule has 0 atom stereocenters. The number of hydrogen-bond donors (Lipinski definition) is 0. The Morgan fingerprint density at radius 2 is 1.76 bits per heavy atom. The van der Waals surface area contributed by atoms with Crippen LogP contribution in [0.4, 0.5) is 0 Å². The van der Waals surface area contributed by atoms with Crippen LogP contribution in [-0.2, 0) is 36.1 Å². The fourth-order valence-corrected chi connectivity index (χ4v) is 3.39. The first-order valence-electron chi connectivity index (χ1n) is 5.55. The molecule has 0 unspecified atom stereocenters. The Morgan fingerprint density at radius 1 is 1.29 bits per heavy atom. The van der Waals surface area contributed by atoms with Crippen molar-refractivity contribution in [2.24, 2.45) is 7.05 Å². The first kappa shape index (κ1) is 17.4. The Balaban J connectivity index is 3.23. The standard InChI is InChI=1S/C10H14ClN3O6S/c1-13-10(7(11)4-12-13)21(17,18)14(5-8(15)19-2)6-9(16)20-3/h4H,5-6H2,1-3H3. The number of methoxy groups -OCH3 is 2. The number of aryl methyl sites for hydroxylation is 1. The van der Waals surface area contributed by atoms with Crippen LogP contribution >= 0.6 is 11.6 Å². The molecule has 118 valence electrons. The fraction of sp³-hybridized carbons (Fsp3) is 0.500. The molecule has 0 amide bonds. The van der Waals surface area contributed by atoms with Gasteiger partial charge in [0.25, 0.3) is 10.0 Å². The molecular weight excluding hydrogens is 326 g/mol. The Labute approximate surface area is 126 Å². The van der Waals surface area contributed by atoms with Crippen molar-refractivity contribution in [3.8, 4) is 0 Å². The molecule has 0 aliphatic heterocycles. The van der Waals surface area contributed by atoms with Crippen LogP contribution in [0, 0.1) is 0 Å². The quantitative estimate of drug-likeness (QED) is 0.637. The Morgan fingerprint density at radius 3 is 2.10 bits per heavy atom. The van der Waals surface area contributed by atoms with E-state index in [0.717, 1.165) is 25.1 Å². The molecule has 0 aliphatic carbocycles. The van der Waals surface area contributed by atoms with E-state index in [-0.39, 0.29) is 10.0 Å². The molecule has 1 aromatic rings. The zero-order valence-corrected chi connectivity index (χ0v) is 13.1. The van der Waals surface area contributed by atoms with E-state index < -0.39 is 35.1 Å². The minimum atomic E-state index is -4.23. The lowest BCUT2D eigenvalue weighted by Gasteiger charge is -2.19. The average molecular weight is 340 g/mol. The lowest BCUT2D eigenvalue weighted by Crippen LogP contribution is -2.40. The van der Waals surface area contributed by atoms with Crippen LogP contribution < -0.4 is 0 Å². The number of ether oxygens (including phenoxy) is 2. The van der Waals surface area contributed by atoms with Gasteiger partial charge in [-0.2, -0.15) is 9.40 Å². The van der Waals surface area contributed by atoms with Crippen molar-refractivity contribution in [1.29, 1.82) is 0 Å². The third kappa shape index (κ3) is 3.93. The predicted molar refractivity (Wildman–Crippen MR) is 71.0 cm³/mol. The fourth-order valence-electron chi connectivity index (χ4n) is 1.45. The maximum atomic E-state index is 12.5. The van der Waals surface area contributed by atoms with Crippen molar-refractivity contribution < 1.29 is 27.5 Å². The summed E-state index contributed by atoms with van der Waals surface area (Å²) in [5.74, 6) is -1.67. The third-order valence-electron chi connectivity index (χ3n) is 2.49. The first-order chi connectivity index (χ1) is 9.73. The van der Waals surface area contributed by atoms with Gasteiger partial charge >= 0.3 is 11.9 Å². The normalized spacial score (nSPS) is 11.5. The molecule has 0 saturated carbocycles. The summed E-state index contributed by atoms with van der Waals surface area (Å²) >= 11 is 5.79. The summed E-state index contributed by atoms with van der Waals surface area (Å²) in [6.07, 6.45) is 1.14. The molecule has 0 aliphatic rings. The smallest absolute Gasteiger partial charge is 0.321 e. The number of sulfonamides is 1. The first-order valence-corrected chi connectivity index (χ1v) is 7.37.